The number of nitrogens with zero attached hydrogens (tertiary/aromatic N) is 11. The molecule has 3 amide bonds. The minimum Gasteiger partial charge on any atom is -0.443 e. The van der Waals surface area contributed by atoms with Gasteiger partial charge in [0.15, 0.2) is 26.7 Å². The van der Waals surface area contributed by atoms with E-state index in [-0.39, 0.29) is 70.8 Å². The number of aliphatic imine (C=N–C) groups is 2. The number of nitriles is 1. The molecule has 2 aromatic heterocycles. The summed E-state index contributed by atoms with van der Waals surface area (Å²) in [6, 6.07) is 11.4. The van der Waals surface area contributed by atoms with Crippen molar-refractivity contribution in [2.45, 2.75) is 114 Å². The Hall–Kier alpha value is -6.51. The topological polar surface area (TPSA) is 210 Å². The first-order chi connectivity index (χ1) is 37.7. The molecule has 2 saturated carbocycles. The highest BCUT2D eigenvalue weighted by Crippen LogP contribution is 2.68. The minimum atomic E-state index is -1.39. The monoisotopic (exact) mass is 1250 g/mol. The van der Waals surface area contributed by atoms with E-state index in [9.17, 15) is 27.6 Å². The fourth-order valence-electron chi connectivity index (χ4n) is 9.32. The maximum Gasteiger partial charge on any atom is 0.418 e. The quantitative estimate of drug-likeness (QED) is 0.0350. The van der Waals surface area contributed by atoms with Crippen molar-refractivity contribution in [3.05, 3.63) is 128 Å². The molecule has 4 aromatic rings. The number of fused-ring (bicyclic) bond motifs is 2. The fraction of sp³-hybridized carbons (Fsp3) is 0.456. The number of rotatable bonds is 12. The van der Waals surface area contributed by atoms with Gasteiger partial charge in [-0.1, -0.05) is 62.7 Å². The van der Waals surface area contributed by atoms with Gasteiger partial charge in [-0.2, -0.15) is 5.26 Å². The van der Waals surface area contributed by atoms with Crippen molar-refractivity contribution in [1.29, 1.82) is 5.26 Å². The lowest BCUT2D eigenvalue weighted by Gasteiger charge is -2.38. The number of amidine groups is 2. The second-order valence-corrected chi connectivity index (χ2v) is 31.7. The highest BCUT2D eigenvalue weighted by molar-refractivity contribution is 9.10. The molecule has 25 heteroatoms. The highest BCUT2D eigenvalue weighted by Gasteiger charge is 2.72. The molecule has 0 saturated heterocycles. The zero-order chi connectivity index (χ0) is 60.2. The lowest BCUT2D eigenvalue weighted by molar-refractivity contribution is -0.130. The van der Waals surface area contributed by atoms with Gasteiger partial charge in [-0.15, -0.1) is 0 Å². The van der Waals surface area contributed by atoms with Crippen molar-refractivity contribution in [3.8, 4) is 6.07 Å². The van der Waals surface area contributed by atoms with Crippen molar-refractivity contribution in [2.75, 3.05) is 41.5 Å². The molecule has 82 heavy (non-hydrogen) atoms. The van der Waals surface area contributed by atoms with E-state index in [1.807, 2.05) is 6.07 Å². The summed E-state index contributed by atoms with van der Waals surface area (Å²) in [5.74, 6) is -3.15. The van der Waals surface area contributed by atoms with Crippen molar-refractivity contribution < 1.29 is 41.4 Å². The number of thioether (sulfide) groups is 2. The normalized spacial score (nSPS) is 23.3. The Morgan fingerprint density at radius 2 is 1.37 bits per heavy atom. The summed E-state index contributed by atoms with van der Waals surface area (Å²) in [6.45, 7) is 24.1. The molecule has 2 aliphatic carbocycles. The van der Waals surface area contributed by atoms with Gasteiger partial charge in [-0.3, -0.25) is 19.6 Å². The Balaban J connectivity index is 0.000000261. The fourth-order valence-corrected chi connectivity index (χ4v) is 13.5. The van der Waals surface area contributed by atoms with Crippen molar-refractivity contribution >= 4 is 99.4 Å². The van der Waals surface area contributed by atoms with Gasteiger partial charge in [-0.05, 0) is 124 Å². The molecule has 438 valence electrons. The van der Waals surface area contributed by atoms with Crippen LogP contribution in [0, 0.1) is 41.4 Å². The molecule has 0 radical (unpaired) electrons. The van der Waals surface area contributed by atoms with Crippen molar-refractivity contribution in [2.24, 2.45) is 27.6 Å². The molecule has 4 aliphatic rings. The third kappa shape index (κ3) is 15.4. The van der Waals surface area contributed by atoms with Crippen molar-refractivity contribution in [3.63, 3.8) is 0 Å². The summed E-state index contributed by atoms with van der Waals surface area (Å²) in [6.07, 6.45) is 8.17. The van der Waals surface area contributed by atoms with Crippen LogP contribution >= 0.6 is 39.5 Å². The summed E-state index contributed by atoms with van der Waals surface area (Å²) in [5.41, 5.74) is 5.02. The van der Waals surface area contributed by atoms with Gasteiger partial charge in [0.1, 0.15) is 39.5 Å². The third-order valence-electron chi connectivity index (χ3n) is 13.5. The van der Waals surface area contributed by atoms with Crippen LogP contribution in [0.5, 0.6) is 0 Å². The maximum atomic E-state index is 15.5. The van der Waals surface area contributed by atoms with E-state index in [0.29, 0.717) is 40.9 Å². The molecular formula is C57H69BrF4N12O5S2Si. The molecular weight excluding hydrogens is 1180 g/mol. The van der Waals surface area contributed by atoms with Crippen LogP contribution in [0.3, 0.4) is 0 Å². The van der Waals surface area contributed by atoms with Crippen LogP contribution in [-0.2, 0) is 30.1 Å². The summed E-state index contributed by atoms with van der Waals surface area (Å²) >= 11 is 5.47. The average Bonchev–Trinajstić information content (AvgIpc) is 4.52. The van der Waals surface area contributed by atoms with E-state index >= 15 is 4.39 Å². The number of aromatic nitrogens is 4. The number of ether oxygens (including phenoxy) is 2. The highest BCUT2D eigenvalue weighted by atomic mass is 79.9. The molecule has 0 bridgehead atoms. The summed E-state index contributed by atoms with van der Waals surface area (Å²) in [4.78, 5) is 72.0. The summed E-state index contributed by atoms with van der Waals surface area (Å²) in [7, 11) is 5.32. The van der Waals surface area contributed by atoms with Gasteiger partial charge in [0.2, 0.25) is 17.5 Å². The molecule has 2 aromatic carbocycles. The van der Waals surface area contributed by atoms with Crippen LogP contribution in [0.25, 0.3) is 22.8 Å². The molecule has 2 fully saturated rings. The summed E-state index contributed by atoms with van der Waals surface area (Å²) < 4.78 is 69.3. The number of carbonyl (C=O) groups excluding carboxylic acids is 3. The largest absolute Gasteiger partial charge is 0.443 e. The maximum absolute atomic E-state index is 15.5. The predicted molar refractivity (Wildman–Crippen MR) is 321 cm³/mol. The first-order valence-corrected chi connectivity index (χ1v) is 31.6. The smallest absolute Gasteiger partial charge is 0.418 e. The SMILES string of the molecule is C.C/C(F)=C/c1ccc(F)c([C@@]2(C)N=C(N(COCC[Si](C)(C)C)C(=O)OC(C)(C)C)S[C@@]3(C(=O)N(C)C)C[C@H]32)c1.N#Cc1cnc(Br)nc1.[C-]#[N+]c1cnc(/C(F)=C/c2ccc(F)c([C@@]3(C)N=C(N)S[C@@]4(C(=O)N(C)C)C[C@H]43)c2)nc1. The zero-order valence-electron chi connectivity index (χ0n) is 47.4. The van der Waals surface area contributed by atoms with Gasteiger partial charge in [0, 0.05) is 90.6 Å². The minimum absolute atomic E-state index is 0. The Morgan fingerprint density at radius 1 is 0.866 bits per heavy atom. The molecule has 0 spiro atoms. The standard InChI is InChI=1S/C29H43F2N3O4SSi.C22H20F2N6OS.C5H2BrN3.CH4/c1-19(30)15-20-11-12-22(31)21(16-20)28(5)23-17-29(23,24(35)33(6)7)39-25(32-28)34(26(36)38-27(2,3)4)18-37-13-14-40(8,9)10;1-21(17-9-22(17,19(31)30(3)4)32-20(25)29-21)14-7-12(5-6-15(14)23)8-16(24)18-27-10-13(26-2)11-28-18;6-5-8-2-4(1-7)3-9-5;/h11-12,15-16,23H,13-14,17-18H2,1-10H3;5-8,10-11,17H,9H2,1,3-4H3,(H2,25,29);2-3H;1H4/b19-15-;16-8-;;/t23-,28+,29-;17-,21+,22-;;/m00../s1. The van der Waals surface area contributed by atoms with Crippen LogP contribution < -0.4 is 5.73 Å². The number of amides is 3. The van der Waals surface area contributed by atoms with Crippen LogP contribution in [0.4, 0.5) is 28.0 Å². The number of carbonyl (C=O) groups is 3. The second-order valence-electron chi connectivity index (χ2n) is 22.7. The molecule has 0 unspecified atom stereocenters. The van der Waals surface area contributed by atoms with E-state index in [2.05, 4.69) is 65.3 Å². The van der Waals surface area contributed by atoms with Crippen molar-refractivity contribution in [1.82, 2.24) is 34.6 Å². The van der Waals surface area contributed by atoms with E-state index < -0.39 is 63.6 Å². The van der Waals surface area contributed by atoms with E-state index in [1.165, 1.54) is 112 Å². The number of halogens is 5. The number of benzene rings is 2. The van der Waals surface area contributed by atoms with E-state index in [0.717, 1.165) is 6.04 Å². The van der Waals surface area contributed by atoms with Gasteiger partial charge < -0.3 is 25.0 Å². The van der Waals surface area contributed by atoms with Crippen LogP contribution in [0.1, 0.15) is 95.5 Å². The lowest BCUT2D eigenvalue weighted by atomic mass is 9.84. The first-order valence-electron chi connectivity index (χ1n) is 25.5. The number of hydrogen-bond acceptors (Lipinski definition) is 15. The Labute approximate surface area is 495 Å². The third-order valence-corrected chi connectivity index (χ3v) is 18.4. The molecule has 2 aliphatic heterocycles. The van der Waals surface area contributed by atoms with Gasteiger partial charge in [0.05, 0.1) is 29.0 Å². The molecule has 4 heterocycles. The number of nitrogens with two attached hydrogens (primary N) is 1. The number of allylic oxidation sites excluding steroid dienone is 1. The Bertz CT molecular complexity index is 3270. The average molecular weight is 1250 g/mol. The molecule has 8 rings (SSSR count). The van der Waals surface area contributed by atoms with Gasteiger partial charge in [0.25, 0.3) is 0 Å². The number of hydrogen-bond donors (Lipinski definition) is 1. The van der Waals surface area contributed by atoms with E-state index in [1.54, 1.807) is 68.9 Å². The summed E-state index contributed by atoms with van der Waals surface area (Å²) in [5, 5.41) is 8.73. The Kier molecular flexibility index (Phi) is 21.0. The van der Waals surface area contributed by atoms with E-state index in [4.69, 9.17) is 32.0 Å². The Morgan fingerprint density at radius 3 is 1.83 bits per heavy atom. The molecule has 2 N–H and O–H groups in total. The first kappa shape index (κ1) is 66.3. The lowest BCUT2D eigenvalue weighted by Crippen LogP contribution is -2.48. The predicted octanol–water partition coefficient (Wildman–Crippen LogP) is 12.4. The van der Waals surface area contributed by atoms with Gasteiger partial charge in [-0.25, -0.2) is 52.0 Å². The van der Waals surface area contributed by atoms with Crippen LogP contribution in [0.15, 0.2) is 81.7 Å². The molecule has 17 nitrogen and oxygen atoms in total. The zero-order valence-corrected chi connectivity index (χ0v) is 51.6. The molecule has 6 atom stereocenters. The van der Waals surface area contributed by atoms with Gasteiger partial charge >= 0.3 is 6.09 Å². The second kappa shape index (κ2) is 26.0. The van der Waals surface area contributed by atoms with Crippen LogP contribution in [0.2, 0.25) is 25.7 Å². The van der Waals surface area contributed by atoms with Crippen LogP contribution in [-0.4, -0.2) is 128 Å².